The number of sulfonamides is 1. The van der Waals surface area contributed by atoms with Gasteiger partial charge in [-0.3, -0.25) is 9.59 Å². The van der Waals surface area contributed by atoms with Gasteiger partial charge in [0.25, 0.3) is 0 Å². The minimum absolute atomic E-state index is 0.0116. The largest absolute Gasteiger partial charge is 0.301 e. The van der Waals surface area contributed by atoms with E-state index in [9.17, 15) is 18.0 Å². The first-order valence-corrected chi connectivity index (χ1v) is 6.17. The summed E-state index contributed by atoms with van der Waals surface area (Å²) in [6.07, 6.45) is -0.306. The van der Waals surface area contributed by atoms with Gasteiger partial charge in [0, 0.05) is 11.1 Å². The number of rotatable bonds is 1. The first kappa shape index (κ1) is 11.6. The lowest BCUT2D eigenvalue weighted by molar-refractivity contribution is 0.0964. The zero-order valence-electron chi connectivity index (χ0n) is 8.56. The molecular formula is C10H8N2O4S. The highest BCUT2D eigenvalue weighted by atomic mass is 32.2. The number of nitrogens with one attached hydrogen (secondary N) is 1. The molecule has 2 rings (SSSR count). The van der Waals surface area contributed by atoms with Crippen LogP contribution in [0.4, 0.5) is 0 Å². The van der Waals surface area contributed by atoms with Crippen molar-refractivity contribution in [2.24, 2.45) is 5.14 Å². The summed E-state index contributed by atoms with van der Waals surface area (Å²) < 4.78 is 22.2. The van der Waals surface area contributed by atoms with Crippen molar-refractivity contribution in [1.82, 2.24) is 0 Å². The maximum absolute atomic E-state index is 11.6. The fraction of sp³-hybridized carbons (Fsp3) is 0.100. The Balaban J connectivity index is 2.69. The maximum Gasteiger partial charge on any atom is 0.238 e. The van der Waals surface area contributed by atoms with Crippen LogP contribution in [0.25, 0.3) is 0 Å². The van der Waals surface area contributed by atoms with E-state index in [1.165, 1.54) is 6.07 Å². The third-order valence-electron chi connectivity index (χ3n) is 2.48. The van der Waals surface area contributed by atoms with Crippen LogP contribution in [0.1, 0.15) is 27.1 Å². The molecule has 0 unspecified atom stereocenters. The average molecular weight is 252 g/mol. The molecule has 0 heterocycles. The molecule has 3 N–H and O–H groups in total. The number of nitrogens with two attached hydrogens (primary N) is 1. The molecule has 17 heavy (non-hydrogen) atoms. The topological polar surface area (TPSA) is 118 Å². The molecular weight excluding hydrogens is 244 g/mol. The number of carbonyl (C=O) groups is 2. The first-order chi connectivity index (χ1) is 7.80. The molecule has 0 amide bonds. The van der Waals surface area contributed by atoms with Gasteiger partial charge in [-0.25, -0.2) is 13.6 Å². The van der Waals surface area contributed by atoms with Crippen LogP contribution in [-0.2, 0) is 10.0 Å². The van der Waals surface area contributed by atoms with Gasteiger partial charge in [0.05, 0.1) is 17.0 Å². The Morgan fingerprint density at radius 2 is 1.82 bits per heavy atom. The van der Waals surface area contributed by atoms with Crippen LogP contribution in [-0.4, -0.2) is 25.7 Å². The van der Waals surface area contributed by atoms with E-state index in [1.807, 2.05) is 0 Å². The van der Waals surface area contributed by atoms with Crippen LogP contribution < -0.4 is 5.14 Å². The van der Waals surface area contributed by atoms with Crippen LogP contribution in [0.2, 0.25) is 0 Å². The normalized spacial score (nSPS) is 15.9. The second-order valence-corrected chi connectivity index (χ2v) is 5.22. The van der Waals surface area contributed by atoms with E-state index in [2.05, 4.69) is 0 Å². The summed E-state index contributed by atoms with van der Waals surface area (Å²) in [4.78, 5) is 22.9. The molecule has 0 fully saturated rings. The van der Waals surface area contributed by atoms with Gasteiger partial charge in [-0.05, 0) is 18.2 Å². The fourth-order valence-corrected chi connectivity index (χ4v) is 2.17. The number of primary sulfonamides is 1. The summed E-state index contributed by atoms with van der Waals surface area (Å²) in [6.45, 7) is 0. The van der Waals surface area contributed by atoms with Crippen LogP contribution in [0.15, 0.2) is 23.1 Å². The number of carbonyl (C=O) groups excluding carboxylic acids is 2. The second-order valence-electron chi connectivity index (χ2n) is 3.66. The third-order valence-corrected chi connectivity index (χ3v) is 3.39. The Labute approximate surface area is 97.0 Å². The molecule has 88 valence electrons. The molecule has 6 nitrogen and oxygen atoms in total. The standard InChI is InChI=1S/C10H8N2O4S/c11-8-4-9(13)7-3-5(17(12,15)16)1-2-6(7)10(8)14/h1-3,11H,4H2,(H2,12,15,16). The highest BCUT2D eigenvalue weighted by Gasteiger charge is 2.29. The molecule has 0 radical (unpaired) electrons. The van der Waals surface area contributed by atoms with Crippen molar-refractivity contribution in [3.8, 4) is 0 Å². The van der Waals surface area contributed by atoms with Crippen molar-refractivity contribution in [3.63, 3.8) is 0 Å². The Kier molecular flexibility index (Phi) is 2.44. The van der Waals surface area contributed by atoms with Gasteiger partial charge in [-0.15, -0.1) is 0 Å². The van der Waals surface area contributed by atoms with Crippen molar-refractivity contribution in [1.29, 1.82) is 5.41 Å². The number of hydrogen-bond acceptors (Lipinski definition) is 5. The van der Waals surface area contributed by atoms with Crippen molar-refractivity contribution in [3.05, 3.63) is 29.3 Å². The molecule has 0 saturated heterocycles. The molecule has 0 aromatic heterocycles. The number of hydrogen-bond donors (Lipinski definition) is 2. The lowest BCUT2D eigenvalue weighted by Gasteiger charge is -2.14. The van der Waals surface area contributed by atoms with E-state index in [0.29, 0.717) is 0 Å². The van der Waals surface area contributed by atoms with Crippen molar-refractivity contribution < 1.29 is 18.0 Å². The molecule has 1 aromatic rings. The summed E-state index contributed by atoms with van der Waals surface area (Å²) in [5, 5.41) is 12.3. The molecule has 0 aliphatic heterocycles. The van der Waals surface area contributed by atoms with E-state index >= 15 is 0 Å². The number of fused-ring (bicyclic) bond motifs is 1. The second kappa shape index (κ2) is 3.57. The van der Waals surface area contributed by atoms with Crippen LogP contribution in [0, 0.1) is 5.41 Å². The summed E-state index contributed by atoms with van der Waals surface area (Å²) in [7, 11) is -3.91. The Morgan fingerprint density at radius 3 is 2.41 bits per heavy atom. The molecule has 0 spiro atoms. The number of ketones is 2. The minimum atomic E-state index is -3.91. The highest BCUT2D eigenvalue weighted by Crippen LogP contribution is 2.22. The van der Waals surface area contributed by atoms with Crippen LogP contribution >= 0.6 is 0 Å². The predicted octanol–water partition coefficient (Wildman–Crippen LogP) is 0.123. The summed E-state index contributed by atoms with van der Waals surface area (Å²) in [6, 6.07) is 3.44. The zero-order chi connectivity index (χ0) is 12.8. The Hall–Kier alpha value is -1.86. The lowest BCUT2D eigenvalue weighted by atomic mass is 9.88. The SMILES string of the molecule is N=C1CC(=O)c2cc(S(N)(=O)=O)ccc2C1=O. The predicted molar refractivity (Wildman–Crippen MR) is 58.8 cm³/mol. The Morgan fingerprint density at radius 1 is 1.18 bits per heavy atom. The zero-order valence-corrected chi connectivity index (χ0v) is 9.37. The van der Waals surface area contributed by atoms with E-state index < -0.39 is 21.6 Å². The van der Waals surface area contributed by atoms with Gasteiger partial charge in [-0.1, -0.05) is 0 Å². The Bertz CT molecular complexity index is 661. The van der Waals surface area contributed by atoms with E-state index in [-0.39, 0.29) is 28.2 Å². The van der Waals surface area contributed by atoms with Crippen molar-refractivity contribution >= 4 is 27.3 Å². The van der Waals surface area contributed by atoms with Crippen LogP contribution in [0.5, 0.6) is 0 Å². The number of benzene rings is 1. The molecule has 0 bridgehead atoms. The molecule has 7 heteroatoms. The lowest BCUT2D eigenvalue weighted by Crippen LogP contribution is -2.27. The van der Waals surface area contributed by atoms with Gasteiger partial charge in [0.2, 0.25) is 15.8 Å². The van der Waals surface area contributed by atoms with Crippen molar-refractivity contribution in [2.75, 3.05) is 0 Å². The first-order valence-electron chi connectivity index (χ1n) is 4.63. The quantitative estimate of drug-likeness (QED) is 0.737. The maximum atomic E-state index is 11.6. The summed E-state index contributed by atoms with van der Waals surface area (Å²) in [5.74, 6) is -1.00. The molecule has 0 atom stereocenters. The van der Waals surface area contributed by atoms with Gasteiger partial charge in [0.15, 0.2) is 5.78 Å². The van der Waals surface area contributed by atoms with Gasteiger partial charge in [0.1, 0.15) is 0 Å². The molecule has 0 saturated carbocycles. The van der Waals surface area contributed by atoms with Gasteiger partial charge >= 0.3 is 0 Å². The highest BCUT2D eigenvalue weighted by molar-refractivity contribution is 7.89. The minimum Gasteiger partial charge on any atom is -0.301 e. The molecule has 1 aliphatic rings. The van der Waals surface area contributed by atoms with Crippen molar-refractivity contribution in [2.45, 2.75) is 11.3 Å². The van der Waals surface area contributed by atoms with Gasteiger partial charge in [-0.2, -0.15) is 0 Å². The van der Waals surface area contributed by atoms with E-state index in [1.54, 1.807) is 0 Å². The van der Waals surface area contributed by atoms with E-state index in [0.717, 1.165) is 12.1 Å². The fourth-order valence-electron chi connectivity index (χ4n) is 1.63. The van der Waals surface area contributed by atoms with Crippen LogP contribution in [0.3, 0.4) is 0 Å². The monoisotopic (exact) mass is 252 g/mol. The smallest absolute Gasteiger partial charge is 0.238 e. The molecule has 1 aliphatic carbocycles. The average Bonchev–Trinajstić information content (AvgIpc) is 2.24. The van der Waals surface area contributed by atoms with E-state index in [4.69, 9.17) is 10.5 Å². The summed E-state index contributed by atoms with van der Waals surface area (Å²) >= 11 is 0. The van der Waals surface area contributed by atoms with Gasteiger partial charge < -0.3 is 5.41 Å². The summed E-state index contributed by atoms with van der Waals surface area (Å²) in [5.41, 5.74) is -0.220. The third kappa shape index (κ3) is 1.90. The number of Topliss-reactive ketones (excluding diaryl/α,β-unsaturated/α-hetero) is 2. The molecule has 1 aromatic carbocycles.